The number of nitrogens with zero attached hydrogens (tertiary/aromatic N) is 2. The molecule has 0 aromatic heterocycles. The number of benzene rings is 3. The van der Waals surface area contributed by atoms with Crippen molar-refractivity contribution in [2.45, 2.75) is 31.3 Å². The normalized spacial score (nSPS) is 17.2. The van der Waals surface area contributed by atoms with Crippen LogP contribution in [0.4, 0.5) is 4.39 Å². The fraction of sp³-hybridized carbons (Fsp3) is 0.250. The van der Waals surface area contributed by atoms with Gasteiger partial charge in [0.05, 0.1) is 37.3 Å². The summed E-state index contributed by atoms with van der Waals surface area (Å²) in [5.41, 5.74) is 2.60. The molecule has 1 aliphatic carbocycles. The first-order valence-corrected chi connectivity index (χ1v) is 11.4. The SMILES string of the molecule is COC(=O)C[C@@H]1COc2cc(O[C@@H]3CCc4c(Oc5ccc(C#N)cc5C#N)ccc(F)c43)ccc21. The van der Waals surface area contributed by atoms with E-state index in [1.807, 2.05) is 18.2 Å². The Morgan fingerprint density at radius 3 is 2.72 bits per heavy atom. The molecule has 7 nitrogen and oxygen atoms in total. The molecule has 3 aromatic rings. The minimum atomic E-state index is -0.523. The van der Waals surface area contributed by atoms with E-state index >= 15 is 0 Å². The zero-order valence-corrected chi connectivity index (χ0v) is 19.4. The summed E-state index contributed by atoms with van der Waals surface area (Å²) < 4.78 is 37.6. The van der Waals surface area contributed by atoms with Gasteiger partial charge in [0, 0.05) is 28.7 Å². The predicted molar refractivity (Wildman–Crippen MR) is 125 cm³/mol. The van der Waals surface area contributed by atoms with Crippen LogP contribution >= 0.6 is 0 Å². The molecule has 0 spiro atoms. The number of halogens is 1. The molecule has 8 heteroatoms. The van der Waals surface area contributed by atoms with Crippen LogP contribution in [-0.4, -0.2) is 19.7 Å². The van der Waals surface area contributed by atoms with E-state index in [1.165, 1.54) is 19.2 Å². The van der Waals surface area contributed by atoms with Gasteiger partial charge in [-0.15, -0.1) is 0 Å². The van der Waals surface area contributed by atoms with Crippen LogP contribution in [0.15, 0.2) is 48.5 Å². The molecule has 36 heavy (non-hydrogen) atoms. The Labute approximate surface area is 207 Å². The van der Waals surface area contributed by atoms with Crippen LogP contribution in [0.1, 0.15) is 52.7 Å². The number of fused-ring (bicyclic) bond motifs is 2. The van der Waals surface area contributed by atoms with E-state index in [-0.39, 0.29) is 23.9 Å². The number of hydrogen-bond acceptors (Lipinski definition) is 7. The van der Waals surface area contributed by atoms with Crippen LogP contribution in [0.25, 0.3) is 0 Å². The second kappa shape index (κ2) is 9.59. The van der Waals surface area contributed by atoms with Crippen molar-refractivity contribution in [1.82, 2.24) is 0 Å². The standard InChI is InChI=1S/C28H21FN2O5/c1-33-27(32)11-18-15-34-26-12-19(3-4-20(18)26)35-25-8-5-21-24(9-6-22(29)28(21)25)36-23-7-2-16(13-30)10-17(23)14-31/h2-4,6-7,9-10,12,18,25H,5,8,11,15H2,1H3/t18-,25-/m1/s1. The van der Waals surface area contributed by atoms with Crippen molar-refractivity contribution < 1.29 is 28.1 Å². The molecule has 3 aromatic carbocycles. The van der Waals surface area contributed by atoms with Crippen molar-refractivity contribution >= 4 is 5.97 Å². The molecule has 1 aliphatic heterocycles. The molecule has 2 aliphatic rings. The lowest BCUT2D eigenvalue weighted by Crippen LogP contribution is -2.09. The summed E-state index contributed by atoms with van der Waals surface area (Å²) >= 11 is 0. The monoisotopic (exact) mass is 484 g/mol. The highest BCUT2D eigenvalue weighted by Gasteiger charge is 2.32. The maximum atomic E-state index is 14.9. The molecule has 0 unspecified atom stereocenters. The summed E-state index contributed by atoms with van der Waals surface area (Å²) in [6.45, 7) is 0.384. The van der Waals surface area contributed by atoms with E-state index < -0.39 is 11.9 Å². The van der Waals surface area contributed by atoms with Gasteiger partial charge in [0.2, 0.25) is 0 Å². The molecule has 0 amide bonds. The first kappa shape index (κ1) is 23.2. The fourth-order valence-electron chi connectivity index (χ4n) is 4.70. The number of carbonyl (C=O) groups is 1. The maximum Gasteiger partial charge on any atom is 0.306 e. The van der Waals surface area contributed by atoms with E-state index in [0.717, 1.165) is 5.56 Å². The Bertz CT molecular complexity index is 1440. The van der Waals surface area contributed by atoms with Crippen LogP contribution in [0.2, 0.25) is 0 Å². The van der Waals surface area contributed by atoms with Crippen LogP contribution in [-0.2, 0) is 16.0 Å². The molecule has 2 atom stereocenters. The zero-order chi connectivity index (χ0) is 25.2. The van der Waals surface area contributed by atoms with E-state index in [4.69, 9.17) is 24.2 Å². The lowest BCUT2D eigenvalue weighted by atomic mass is 9.98. The molecule has 0 bridgehead atoms. The Morgan fingerprint density at radius 1 is 1.11 bits per heavy atom. The number of esters is 1. The molecular weight excluding hydrogens is 463 g/mol. The Hall–Kier alpha value is -4.56. The molecular formula is C28H21FN2O5. The largest absolute Gasteiger partial charge is 0.492 e. The highest BCUT2D eigenvalue weighted by molar-refractivity contribution is 5.71. The third-order valence-corrected chi connectivity index (χ3v) is 6.47. The Morgan fingerprint density at radius 2 is 1.94 bits per heavy atom. The van der Waals surface area contributed by atoms with Gasteiger partial charge in [0.25, 0.3) is 0 Å². The first-order chi connectivity index (χ1) is 17.5. The average Bonchev–Trinajstić information content (AvgIpc) is 3.50. The van der Waals surface area contributed by atoms with Gasteiger partial charge in [0.15, 0.2) is 0 Å². The number of carbonyl (C=O) groups excluding carboxylic acids is 1. The van der Waals surface area contributed by atoms with Gasteiger partial charge >= 0.3 is 5.97 Å². The predicted octanol–water partition coefficient (Wildman–Crippen LogP) is 5.47. The maximum absolute atomic E-state index is 14.9. The molecule has 180 valence electrons. The Balaban J connectivity index is 1.37. The van der Waals surface area contributed by atoms with E-state index in [2.05, 4.69) is 0 Å². The van der Waals surface area contributed by atoms with Crippen molar-refractivity contribution in [1.29, 1.82) is 10.5 Å². The third-order valence-electron chi connectivity index (χ3n) is 6.47. The zero-order valence-electron chi connectivity index (χ0n) is 19.4. The minimum Gasteiger partial charge on any atom is -0.492 e. The van der Waals surface area contributed by atoms with Gasteiger partial charge in [-0.25, -0.2) is 4.39 Å². The summed E-state index contributed by atoms with van der Waals surface area (Å²) in [6.07, 6.45) is 0.799. The number of methoxy groups -OCH3 is 1. The lowest BCUT2D eigenvalue weighted by Gasteiger charge is -2.17. The first-order valence-electron chi connectivity index (χ1n) is 11.4. The van der Waals surface area contributed by atoms with E-state index in [1.54, 1.807) is 30.3 Å². The topological polar surface area (TPSA) is 102 Å². The summed E-state index contributed by atoms with van der Waals surface area (Å²) in [4.78, 5) is 11.7. The molecule has 0 saturated carbocycles. The minimum absolute atomic E-state index is 0.0774. The number of nitriles is 2. The fourth-order valence-corrected chi connectivity index (χ4v) is 4.70. The van der Waals surface area contributed by atoms with E-state index in [9.17, 15) is 14.4 Å². The van der Waals surface area contributed by atoms with Gasteiger partial charge in [-0.2, -0.15) is 10.5 Å². The highest BCUT2D eigenvalue weighted by atomic mass is 19.1. The molecule has 0 radical (unpaired) electrons. The van der Waals surface area contributed by atoms with Crippen molar-refractivity contribution in [3.05, 3.63) is 82.2 Å². The van der Waals surface area contributed by atoms with Crippen molar-refractivity contribution in [3.8, 4) is 35.1 Å². The quantitative estimate of drug-likeness (QED) is 0.428. The molecule has 1 heterocycles. The van der Waals surface area contributed by atoms with Gasteiger partial charge < -0.3 is 18.9 Å². The second-order valence-corrected chi connectivity index (χ2v) is 8.61. The smallest absolute Gasteiger partial charge is 0.306 e. The number of ether oxygens (including phenoxy) is 4. The van der Waals surface area contributed by atoms with Gasteiger partial charge in [-0.1, -0.05) is 6.07 Å². The van der Waals surface area contributed by atoms with Crippen molar-refractivity contribution in [2.24, 2.45) is 0 Å². The summed E-state index contributed by atoms with van der Waals surface area (Å²) in [6, 6.07) is 16.9. The highest BCUT2D eigenvalue weighted by Crippen LogP contribution is 2.44. The molecule has 5 rings (SSSR count). The van der Waals surface area contributed by atoms with Gasteiger partial charge in [-0.05, 0) is 49.2 Å². The lowest BCUT2D eigenvalue weighted by molar-refractivity contribution is -0.141. The molecule has 0 saturated heterocycles. The summed E-state index contributed by atoms with van der Waals surface area (Å²) in [5, 5.41) is 18.5. The summed E-state index contributed by atoms with van der Waals surface area (Å²) in [5.74, 6) is 1.16. The second-order valence-electron chi connectivity index (χ2n) is 8.61. The Kier molecular flexibility index (Phi) is 6.18. The number of hydrogen-bond donors (Lipinski definition) is 0. The van der Waals surface area contributed by atoms with Gasteiger partial charge in [0.1, 0.15) is 41.0 Å². The van der Waals surface area contributed by atoms with Crippen LogP contribution < -0.4 is 14.2 Å². The molecule has 0 fully saturated rings. The van der Waals surface area contributed by atoms with E-state index in [0.29, 0.717) is 59.1 Å². The summed E-state index contributed by atoms with van der Waals surface area (Å²) in [7, 11) is 1.36. The van der Waals surface area contributed by atoms with Crippen molar-refractivity contribution in [3.63, 3.8) is 0 Å². The van der Waals surface area contributed by atoms with Crippen LogP contribution in [0.5, 0.6) is 23.0 Å². The molecule has 0 N–H and O–H groups in total. The number of rotatable bonds is 6. The van der Waals surface area contributed by atoms with Crippen molar-refractivity contribution in [2.75, 3.05) is 13.7 Å². The third kappa shape index (κ3) is 4.30. The average molecular weight is 484 g/mol. The van der Waals surface area contributed by atoms with Crippen LogP contribution in [0, 0.1) is 28.5 Å². The van der Waals surface area contributed by atoms with Gasteiger partial charge in [-0.3, -0.25) is 4.79 Å². The van der Waals surface area contributed by atoms with Crippen LogP contribution in [0.3, 0.4) is 0 Å².